The van der Waals surface area contributed by atoms with Gasteiger partial charge < -0.3 is 19.5 Å². The number of benzene rings is 2. The molecule has 0 unspecified atom stereocenters. The highest BCUT2D eigenvalue weighted by molar-refractivity contribution is 6.31. The van der Waals surface area contributed by atoms with E-state index in [0.29, 0.717) is 11.4 Å². The van der Waals surface area contributed by atoms with Crippen molar-refractivity contribution >= 4 is 23.5 Å². The van der Waals surface area contributed by atoms with E-state index in [0.717, 1.165) is 5.56 Å². The fraction of sp³-hybridized carbons (Fsp3) is 0.263. The largest absolute Gasteiger partial charge is 0.496 e. The number of hydrogen-bond acceptors (Lipinski definition) is 5. The van der Waals surface area contributed by atoms with Gasteiger partial charge in [0.2, 0.25) is 0 Å². The summed E-state index contributed by atoms with van der Waals surface area (Å²) in [5.74, 6) is -0.865. The van der Waals surface area contributed by atoms with E-state index in [9.17, 15) is 18.4 Å². The molecule has 0 saturated heterocycles. The third-order valence-corrected chi connectivity index (χ3v) is 3.84. The van der Waals surface area contributed by atoms with Crippen LogP contribution >= 0.6 is 11.6 Å². The van der Waals surface area contributed by atoms with Gasteiger partial charge in [-0.2, -0.15) is 8.78 Å². The van der Waals surface area contributed by atoms with E-state index < -0.39 is 25.1 Å². The fourth-order valence-electron chi connectivity index (χ4n) is 2.28. The lowest BCUT2D eigenvalue weighted by Crippen LogP contribution is -2.30. The number of ether oxygens (including phenoxy) is 3. The van der Waals surface area contributed by atoms with Crippen LogP contribution in [0, 0.1) is 0 Å². The molecule has 2 rings (SSSR count). The van der Waals surface area contributed by atoms with Crippen LogP contribution in [0.3, 0.4) is 0 Å². The van der Waals surface area contributed by atoms with Crippen molar-refractivity contribution in [3.8, 4) is 11.5 Å². The number of methoxy groups -OCH3 is 1. The van der Waals surface area contributed by atoms with Gasteiger partial charge in [0.05, 0.1) is 7.11 Å². The number of rotatable bonds is 9. The molecule has 0 atom stereocenters. The third-order valence-electron chi connectivity index (χ3n) is 3.60. The first-order valence-corrected chi connectivity index (χ1v) is 8.58. The number of amides is 1. The van der Waals surface area contributed by atoms with Crippen molar-refractivity contribution in [1.29, 1.82) is 0 Å². The minimum atomic E-state index is -2.88. The lowest BCUT2D eigenvalue weighted by Gasteiger charge is -2.10. The molecule has 0 radical (unpaired) electrons. The molecule has 0 saturated carbocycles. The number of nitrogens with one attached hydrogen (secondary N) is 1. The molecule has 9 heteroatoms. The molecule has 0 bridgehead atoms. The van der Waals surface area contributed by atoms with Crippen molar-refractivity contribution in [2.24, 2.45) is 0 Å². The van der Waals surface area contributed by atoms with E-state index in [2.05, 4.69) is 10.1 Å². The molecule has 0 heterocycles. The minimum Gasteiger partial charge on any atom is -0.496 e. The molecule has 1 amide bonds. The summed E-state index contributed by atoms with van der Waals surface area (Å²) >= 11 is 5.85. The zero-order valence-electron chi connectivity index (χ0n) is 14.9. The Morgan fingerprint density at radius 2 is 1.86 bits per heavy atom. The van der Waals surface area contributed by atoms with Gasteiger partial charge in [0.1, 0.15) is 17.1 Å². The molecule has 150 valence electrons. The van der Waals surface area contributed by atoms with Crippen LogP contribution in [0.5, 0.6) is 11.5 Å². The van der Waals surface area contributed by atoms with Gasteiger partial charge in [-0.05, 0) is 42.3 Å². The third kappa shape index (κ3) is 6.70. The molecule has 2 aromatic carbocycles. The van der Waals surface area contributed by atoms with Gasteiger partial charge in [0.25, 0.3) is 5.91 Å². The Balaban J connectivity index is 1.75. The summed E-state index contributed by atoms with van der Waals surface area (Å²) in [6.45, 7) is -3.05. The topological polar surface area (TPSA) is 73.9 Å². The summed E-state index contributed by atoms with van der Waals surface area (Å²) in [6.07, 6.45) is 0.469. The van der Waals surface area contributed by atoms with Gasteiger partial charge in [-0.3, -0.25) is 4.79 Å². The monoisotopic (exact) mass is 413 g/mol. The first-order chi connectivity index (χ1) is 13.4. The van der Waals surface area contributed by atoms with Crippen LogP contribution in [0.4, 0.5) is 8.78 Å². The van der Waals surface area contributed by atoms with Crippen molar-refractivity contribution in [3.63, 3.8) is 0 Å². The smallest absolute Gasteiger partial charge is 0.387 e. The normalized spacial score (nSPS) is 10.5. The van der Waals surface area contributed by atoms with E-state index in [1.807, 2.05) is 0 Å². The zero-order chi connectivity index (χ0) is 20.5. The maximum atomic E-state index is 12.1. The van der Waals surface area contributed by atoms with E-state index in [4.69, 9.17) is 21.1 Å². The lowest BCUT2D eigenvalue weighted by atomic mass is 10.1. The molecule has 0 aliphatic heterocycles. The molecule has 0 aliphatic carbocycles. The van der Waals surface area contributed by atoms with Gasteiger partial charge in [-0.25, -0.2) is 4.79 Å². The van der Waals surface area contributed by atoms with Crippen LogP contribution < -0.4 is 14.8 Å². The number of alkyl halides is 2. The Kier molecular flexibility index (Phi) is 8.01. The standard InChI is InChI=1S/C19H18ClF2NO5/c1-26-16-7-4-13(20)10-15(16)18(25)27-11-17(24)23-9-8-12-2-5-14(6-3-12)28-19(21)22/h2-7,10,19H,8-9,11H2,1H3,(H,23,24). The van der Waals surface area contributed by atoms with E-state index in [-0.39, 0.29) is 23.6 Å². The second-order valence-electron chi connectivity index (χ2n) is 5.54. The summed E-state index contributed by atoms with van der Waals surface area (Å²) in [5.41, 5.74) is 0.941. The van der Waals surface area contributed by atoms with Crippen molar-refractivity contribution in [2.45, 2.75) is 13.0 Å². The predicted octanol–water partition coefficient (Wildman–Crippen LogP) is 3.47. The van der Waals surface area contributed by atoms with Gasteiger partial charge in [-0.15, -0.1) is 0 Å². The minimum absolute atomic E-state index is 0.0612. The zero-order valence-corrected chi connectivity index (χ0v) is 15.7. The second-order valence-corrected chi connectivity index (χ2v) is 5.98. The Bertz CT molecular complexity index is 814. The number of carbonyl (C=O) groups is 2. The molecule has 0 spiro atoms. The lowest BCUT2D eigenvalue weighted by molar-refractivity contribution is -0.124. The summed E-state index contributed by atoms with van der Waals surface area (Å²) in [5, 5.41) is 2.94. The highest BCUT2D eigenvalue weighted by Crippen LogP contribution is 2.23. The molecule has 1 N–H and O–H groups in total. The first kappa shape index (κ1) is 21.4. The molecule has 0 aliphatic rings. The van der Waals surface area contributed by atoms with Gasteiger partial charge in [0, 0.05) is 11.6 Å². The first-order valence-electron chi connectivity index (χ1n) is 8.20. The molecule has 0 aromatic heterocycles. The number of esters is 1. The number of carbonyl (C=O) groups excluding carboxylic acids is 2. The quantitative estimate of drug-likeness (QED) is 0.637. The van der Waals surface area contributed by atoms with Crippen LogP contribution in [0.15, 0.2) is 42.5 Å². The molecule has 0 fully saturated rings. The second kappa shape index (κ2) is 10.5. The Morgan fingerprint density at radius 3 is 2.50 bits per heavy atom. The highest BCUT2D eigenvalue weighted by Gasteiger charge is 2.16. The van der Waals surface area contributed by atoms with Crippen molar-refractivity contribution in [2.75, 3.05) is 20.3 Å². The predicted molar refractivity (Wildman–Crippen MR) is 98.1 cm³/mol. The van der Waals surface area contributed by atoms with Crippen LogP contribution in [0.25, 0.3) is 0 Å². The Hall–Kier alpha value is -2.87. The summed E-state index contributed by atoms with van der Waals surface area (Å²) in [4.78, 5) is 23.9. The van der Waals surface area contributed by atoms with E-state index >= 15 is 0 Å². The fourth-order valence-corrected chi connectivity index (χ4v) is 2.46. The van der Waals surface area contributed by atoms with E-state index in [1.54, 1.807) is 18.2 Å². The molecular weight excluding hydrogens is 396 g/mol. The molecule has 28 heavy (non-hydrogen) atoms. The average Bonchev–Trinajstić information content (AvgIpc) is 2.67. The number of halogens is 3. The molecular formula is C19H18ClF2NO5. The van der Waals surface area contributed by atoms with Crippen LogP contribution in [-0.4, -0.2) is 38.7 Å². The maximum absolute atomic E-state index is 12.1. The van der Waals surface area contributed by atoms with Crippen LogP contribution in [-0.2, 0) is 16.0 Å². The van der Waals surface area contributed by atoms with E-state index in [1.165, 1.54) is 31.4 Å². The van der Waals surface area contributed by atoms with Crippen LogP contribution in [0.1, 0.15) is 15.9 Å². The van der Waals surface area contributed by atoms with Crippen molar-refractivity contribution < 1.29 is 32.6 Å². The summed E-state index contributed by atoms with van der Waals surface area (Å²) < 4.78 is 38.5. The van der Waals surface area contributed by atoms with Crippen LogP contribution in [0.2, 0.25) is 5.02 Å². The Labute approximate surface area is 165 Å². The van der Waals surface area contributed by atoms with Gasteiger partial charge in [0.15, 0.2) is 6.61 Å². The maximum Gasteiger partial charge on any atom is 0.387 e. The molecule has 2 aromatic rings. The Morgan fingerprint density at radius 1 is 1.14 bits per heavy atom. The average molecular weight is 414 g/mol. The van der Waals surface area contributed by atoms with Crippen molar-refractivity contribution in [1.82, 2.24) is 5.32 Å². The summed E-state index contributed by atoms with van der Waals surface area (Å²) in [6, 6.07) is 10.6. The molecule has 6 nitrogen and oxygen atoms in total. The van der Waals surface area contributed by atoms with Crippen molar-refractivity contribution in [3.05, 3.63) is 58.6 Å². The van der Waals surface area contributed by atoms with Gasteiger partial charge in [-0.1, -0.05) is 23.7 Å². The SMILES string of the molecule is COc1ccc(Cl)cc1C(=O)OCC(=O)NCCc1ccc(OC(F)F)cc1. The number of hydrogen-bond donors (Lipinski definition) is 1. The highest BCUT2D eigenvalue weighted by atomic mass is 35.5. The van der Waals surface area contributed by atoms with Gasteiger partial charge >= 0.3 is 12.6 Å². The summed E-state index contributed by atoms with van der Waals surface area (Å²) in [7, 11) is 1.40.